The molecule has 0 bridgehead atoms. The number of pyridine rings is 1. The Morgan fingerprint density at radius 3 is 2.58 bits per heavy atom. The van der Waals surface area contributed by atoms with Crippen molar-refractivity contribution in [1.29, 1.82) is 0 Å². The molecule has 40 heavy (non-hydrogen) atoms. The average molecular weight is 547 g/mol. The summed E-state index contributed by atoms with van der Waals surface area (Å²) in [6, 6.07) is 16.7. The van der Waals surface area contributed by atoms with Gasteiger partial charge >= 0.3 is 0 Å². The van der Waals surface area contributed by atoms with Crippen LogP contribution in [0.3, 0.4) is 0 Å². The smallest absolute Gasteiger partial charge is 0.152 e. The number of fused-ring (bicyclic) bond motifs is 3. The van der Waals surface area contributed by atoms with Gasteiger partial charge in [0.2, 0.25) is 0 Å². The minimum absolute atomic E-state index is 0.487. The highest BCUT2D eigenvalue weighted by Crippen LogP contribution is 2.29. The van der Waals surface area contributed by atoms with Gasteiger partial charge in [-0.3, -0.25) is 4.90 Å². The average Bonchev–Trinajstić information content (AvgIpc) is 3.31. The predicted molar refractivity (Wildman–Crippen MR) is 165 cm³/mol. The quantitative estimate of drug-likeness (QED) is 0.193. The van der Waals surface area contributed by atoms with Gasteiger partial charge in [0.25, 0.3) is 0 Å². The van der Waals surface area contributed by atoms with Crippen LogP contribution in [-0.2, 0) is 24.2 Å². The molecule has 2 aromatic carbocycles. The number of nitrogens with two attached hydrogens (primary N) is 1. The van der Waals surface area contributed by atoms with Gasteiger partial charge in [0, 0.05) is 45.1 Å². The van der Waals surface area contributed by atoms with Crippen molar-refractivity contribution in [3.63, 3.8) is 0 Å². The standard InChI is InChI=1S/C32H46N6O2/c1-24(2)23-40-26-12-10-11-25(21-26)22-37(19-18-36(3)4)16-8-9-17-38-29(15-20-39-5)35-30-31(38)27-13-6-7-14-28(27)34-32(30)33/h6-7,10-14,21,24H,8-9,15-20,22-23H2,1-5H3,(H2,33,34). The van der Waals surface area contributed by atoms with E-state index in [1.54, 1.807) is 7.11 Å². The molecule has 2 heterocycles. The summed E-state index contributed by atoms with van der Waals surface area (Å²) < 4.78 is 13.7. The Hall–Kier alpha value is -3.20. The van der Waals surface area contributed by atoms with E-state index in [2.05, 4.69) is 83.7 Å². The largest absolute Gasteiger partial charge is 0.493 e. The van der Waals surface area contributed by atoms with Gasteiger partial charge < -0.3 is 24.7 Å². The van der Waals surface area contributed by atoms with E-state index in [0.717, 1.165) is 92.1 Å². The molecule has 0 atom stereocenters. The highest BCUT2D eigenvalue weighted by atomic mass is 16.5. The topological polar surface area (TPSA) is 81.7 Å². The van der Waals surface area contributed by atoms with Gasteiger partial charge in [-0.05, 0) is 63.2 Å². The van der Waals surface area contributed by atoms with Crippen LogP contribution in [0.15, 0.2) is 48.5 Å². The molecule has 0 unspecified atom stereocenters. The fraction of sp³-hybridized carbons (Fsp3) is 0.500. The fourth-order valence-corrected chi connectivity index (χ4v) is 5.00. The first-order valence-corrected chi connectivity index (χ1v) is 14.5. The van der Waals surface area contributed by atoms with E-state index in [0.29, 0.717) is 18.3 Å². The van der Waals surface area contributed by atoms with Gasteiger partial charge in [-0.25, -0.2) is 9.97 Å². The lowest BCUT2D eigenvalue weighted by molar-refractivity contribution is 0.199. The van der Waals surface area contributed by atoms with Crippen LogP contribution in [0.5, 0.6) is 5.75 Å². The third-order valence-corrected chi connectivity index (χ3v) is 7.08. The number of hydrogen-bond acceptors (Lipinski definition) is 7. The van der Waals surface area contributed by atoms with Crippen molar-refractivity contribution in [1.82, 2.24) is 24.3 Å². The lowest BCUT2D eigenvalue weighted by Crippen LogP contribution is -2.32. The van der Waals surface area contributed by atoms with Gasteiger partial charge in [0.05, 0.1) is 24.2 Å². The molecule has 8 heteroatoms. The fourth-order valence-electron chi connectivity index (χ4n) is 5.00. The number of anilines is 1. The second-order valence-corrected chi connectivity index (χ2v) is 11.3. The number of nitrogens with zero attached hydrogens (tertiary/aromatic N) is 5. The van der Waals surface area contributed by atoms with E-state index >= 15 is 0 Å². The van der Waals surface area contributed by atoms with Crippen molar-refractivity contribution >= 4 is 27.8 Å². The van der Waals surface area contributed by atoms with Gasteiger partial charge in [-0.1, -0.05) is 44.2 Å². The van der Waals surface area contributed by atoms with E-state index in [1.807, 2.05) is 12.1 Å². The van der Waals surface area contributed by atoms with Crippen molar-refractivity contribution in [3.8, 4) is 5.75 Å². The summed E-state index contributed by atoms with van der Waals surface area (Å²) in [4.78, 5) is 14.3. The second kappa shape index (κ2) is 14.4. The van der Waals surface area contributed by atoms with E-state index in [9.17, 15) is 0 Å². The number of likely N-dealkylation sites (N-methyl/N-ethyl adjacent to an activating group) is 1. The molecule has 216 valence electrons. The Labute approximate surface area is 239 Å². The summed E-state index contributed by atoms with van der Waals surface area (Å²) in [6.45, 7) is 10.6. The molecule has 0 aliphatic heterocycles. The van der Waals surface area contributed by atoms with Gasteiger partial charge in [0.15, 0.2) is 5.82 Å². The molecule has 4 aromatic rings. The van der Waals surface area contributed by atoms with Crippen molar-refractivity contribution in [2.24, 2.45) is 5.92 Å². The number of aromatic nitrogens is 3. The number of hydrogen-bond donors (Lipinski definition) is 1. The van der Waals surface area contributed by atoms with Crippen molar-refractivity contribution in [2.75, 3.05) is 59.8 Å². The Bertz CT molecular complexity index is 1370. The number of rotatable bonds is 16. The third kappa shape index (κ3) is 7.93. The summed E-state index contributed by atoms with van der Waals surface area (Å²) in [6.07, 6.45) is 2.86. The zero-order chi connectivity index (χ0) is 28.5. The highest BCUT2D eigenvalue weighted by Gasteiger charge is 2.17. The Morgan fingerprint density at radius 1 is 0.975 bits per heavy atom. The minimum Gasteiger partial charge on any atom is -0.493 e. The van der Waals surface area contributed by atoms with E-state index < -0.39 is 0 Å². The van der Waals surface area contributed by atoms with Crippen LogP contribution in [0, 0.1) is 5.92 Å². The predicted octanol–water partition coefficient (Wildman–Crippen LogP) is 5.23. The molecular weight excluding hydrogens is 500 g/mol. The molecular formula is C32H46N6O2. The van der Waals surface area contributed by atoms with Gasteiger partial charge in [-0.15, -0.1) is 0 Å². The van der Waals surface area contributed by atoms with Crippen LogP contribution in [0.2, 0.25) is 0 Å². The first-order valence-electron chi connectivity index (χ1n) is 14.5. The summed E-state index contributed by atoms with van der Waals surface area (Å²) in [5, 5.41) is 1.09. The van der Waals surface area contributed by atoms with Crippen LogP contribution in [0.4, 0.5) is 5.82 Å². The molecule has 0 aliphatic carbocycles. The molecule has 2 aromatic heterocycles. The Morgan fingerprint density at radius 2 is 1.80 bits per heavy atom. The van der Waals surface area contributed by atoms with Crippen molar-refractivity contribution in [3.05, 3.63) is 59.9 Å². The Kier molecular flexibility index (Phi) is 10.7. The van der Waals surface area contributed by atoms with E-state index in [-0.39, 0.29) is 0 Å². The molecule has 0 spiro atoms. The number of unbranched alkanes of at least 4 members (excludes halogenated alkanes) is 1. The molecule has 0 saturated heterocycles. The molecule has 4 rings (SSSR count). The molecule has 0 amide bonds. The molecule has 8 nitrogen and oxygen atoms in total. The Balaban J connectivity index is 1.47. The van der Waals surface area contributed by atoms with E-state index in [4.69, 9.17) is 20.2 Å². The monoisotopic (exact) mass is 546 g/mol. The van der Waals surface area contributed by atoms with Crippen LogP contribution in [-0.4, -0.2) is 78.4 Å². The zero-order valence-corrected chi connectivity index (χ0v) is 24.9. The second-order valence-electron chi connectivity index (χ2n) is 11.3. The number of ether oxygens (including phenoxy) is 2. The maximum atomic E-state index is 6.37. The summed E-state index contributed by atoms with van der Waals surface area (Å²) >= 11 is 0. The van der Waals surface area contributed by atoms with Gasteiger partial charge in [0.1, 0.15) is 17.1 Å². The number of benzene rings is 2. The zero-order valence-electron chi connectivity index (χ0n) is 24.9. The summed E-state index contributed by atoms with van der Waals surface area (Å²) in [5.74, 6) is 2.95. The highest BCUT2D eigenvalue weighted by molar-refractivity contribution is 6.06. The normalized spacial score (nSPS) is 12.0. The SMILES string of the molecule is COCCc1nc2c(N)nc3ccccc3c2n1CCCCN(CCN(C)C)Cc1cccc(OCC(C)C)c1. The van der Waals surface area contributed by atoms with E-state index in [1.165, 1.54) is 5.56 Å². The van der Waals surface area contributed by atoms with Crippen molar-refractivity contribution < 1.29 is 9.47 Å². The maximum absolute atomic E-state index is 6.37. The minimum atomic E-state index is 0.487. The molecule has 0 saturated carbocycles. The van der Waals surface area contributed by atoms with Crippen LogP contribution < -0.4 is 10.5 Å². The van der Waals surface area contributed by atoms with Crippen molar-refractivity contribution in [2.45, 2.75) is 46.2 Å². The molecule has 2 N–H and O–H groups in total. The maximum Gasteiger partial charge on any atom is 0.152 e. The van der Waals surface area contributed by atoms with Crippen LogP contribution >= 0.6 is 0 Å². The number of para-hydroxylation sites is 1. The van der Waals surface area contributed by atoms with Crippen LogP contribution in [0.1, 0.15) is 38.1 Å². The molecule has 0 aliphatic rings. The summed E-state index contributed by atoms with van der Waals surface area (Å²) in [5.41, 5.74) is 10.4. The number of methoxy groups -OCH3 is 1. The number of imidazole rings is 1. The molecule has 0 fully saturated rings. The summed E-state index contributed by atoms with van der Waals surface area (Å²) in [7, 11) is 6.00. The first kappa shape index (κ1) is 29.8. The number of aryl methyl sites for hydroxylation is 1. The first-order chi connectivity index (χ1) is 19.4. The number of nitrogen functional groups attached to an aromatic ring is 1. The lowest BCUT2D eigenvalue weighted by Gasteiger charge is -2.24. The van der Waals surface area contributed by atoms with Crippen LogP contribution in [0.25, 0.3) is 21.9 Å². The molecule has 0 radical (unpaired) electrons. The lowest BCUT2D eigenvalue weighted by atomic mass is 10.1. The van der Waals surface area contributed by atoms with Gasteiger partial charge in [-0.2, -0.15) is 0 Å². The third-order valence-electron chi connectivity index (χ3n) is 7.08.